The quantitative estimate of drug-likeness (QED) is 0.537. The summed E-state index contributed by atoms with van der Waals surface area (Å²) in [6.07, 6.45) is 0. The zero-order valence-corrected chi connectivity index (χ0v) is 11.4. The van der Waals surface area contributed by atoms with Crippen molar-refractivity contribution in [3.63, 3.8) is 0 Å². The lowest BCUT2D eigenvalue weighted by Crippen LogP contribution is -1.88. The maximum absolute atomic E-state index is 11.4. The molecular formula is C15H9NO3S. The molecule has 4 nitrogen and oxygen atoms in total. The summed E-state index contributed by atoms with van der Waals surface area (Å²) in [5.41, 5.74) is 0.777. The Bertz CT molecular complexity index is 777. The molecule has 3 aromatic rings. The Balaban J connectivity index is 2.23. The standard InChI is InChI=1S/C15H9NO3S/c1-19-11-8-6-10(7-9-11)15-14(16(17)18)12-4-2-3-5-13(12)20-15/h2-6,8H,1H3. The van der Waals surface area contributed by atoms with Crippen LogP contribution in [-0.2, 0) is 0 Å². The van der Waals surface area contributed by atoms with E-state index < -0.39 is 0 Å². The lowest BCUT2D eigenvalue weighted by Gasteiger charge is -1.97. The molecule has 2 aromatic carbocycles. The Morgan fingerprint density at radius 3 is 2.65 bits per heavy atom. The van der Waals surface area contributed by atoms with Crippen molar-refractivity contribution < 1.29 is 9.66 Å². The molecule has 98 valence electrons. The highest BCUT2D eigenvalue weighted by Gasteiger charge is 2.23. The molecule has 0 atom stereocenters. The Hall–Kier alpha value is -2.58. The van der Waals surface area contributed by atoms with Crippen molar-refractivity contribution in [3.8, 4) is 16.2 Å². The zero-order chi connectivity index (χ0) is 14.1. The largest absolute Gasteiger partial charge is 0.489 e. The molecule has 1 heterocycles. The van der Waals surface area contributed by atoms with Gasteiger partial charge in [0, 0.05) is 10.3 Å². The number of thiophene rings is 1. The highest BCUT2D eigenvalue weighted by Crippen LogP contribution is 2.43. The van der Waals surface area contributed by atoms with Gasteiger partial charge in [-0.05, 0) is 30.3 Å². The molecule has 0 spiro atoms. The highest BCUT2D eigenvalue weighted by atomic mass is 32.1. The van der Waals surface area contributed by atoms with Crippen LogP contribution in [0.2, 0.25) is 0 Å². The van der Waals surface area contributed by atoms with Crippen molar-refractivity contribution in [3.05, 3.63) is 58.6 Å². The minimum absolute atomic E-state index is 0.125. The number of ether oxygens (including phenoxy) is 1. The molecule has 0 radical (unpaired) electrons. The molecular weight excluding hydrogens is 274 g/mol. The van der Waals surface area contributed by atoms with Crippen molar-refractivity contribution in [2.75, 3.05) is 7.11 Å². The molecule has 1 aromatic heterocycles. The number of methoxy groups -OCH3 is 1. The van der Waals surface area contributed by atoms with Gasteiger partial charge in [-0.25, -0.2) is 0 Å². The van der Waals surface area contributed by atoms with Crippen LogP contribution >= 0.6 is 11.3 Å². The fourth-order valence-electron chi connectivity index (χ4n) is 2.02. The third-order valence-corrected chi connectivity index (χ3v) is 4.13. The summed E-state index contributed by atoms with van der Waals surface area (Å²) in [7, 11) is 1.54. The van der Waals surface area contributed by atoms with Gasteiger partial charge in [0.1, 0.15) is 4.88 Å². The first kappa shape index (κ1) is 12.5. The maximum atomic E-state index is 11.4. The van der Waals surface area contributed by atoms with Crippen molar-refractivity contribution >= 4 is 27.1 Å². The van der Waals surface area contributed by atoms with E-state index in [1.165, 1.54) is 11.3 Å². The van der Waals surface area contributed by atoms with E-state index in [9.17, 15) is 10.1 Å². The summed E-state index contributed by atoms with van der Waals surface area (Å²) >= 11 is 1.39. The number of nitrogens with zero attached hydrogens (tertiary/aromatic N) is 1. The number of hydrogen-bond donors (Lipinski definition) is 0. The van der Waals surface area contributed by atoms with E-state index in [1.54, 1.807) is 31.4 Å². The lowest BCUT2D eigenvalue weighted by atomic mass is 10.1. The average Bonchev–Trinajstić information content (AvgIpc) is 2.86. The SMILES string of the molecule is COc1c#cc(-c2sc3ccccc3c2[N+](=O)[O-])cc1. The van der Waals surface area contributed by atoms with E-state index >= 15 is 0 Å². The third-order valence-electron chi connectivity index (χ3n) is 2.94. The zero-order valence-electron chi connectivity index (χ0n) is 10.5. The number of rotatable bonds is 3. The molecule has 5 heteroatoms. The average molecular weight is 283 g/mol. The Labute approximate surface area is 119 Å². The number of hydrogen-bond acceptors (Lipinski definition) is 4. The van der Waals surface area contributed by atoms with Crippen molar-refractivity contribution in [1.82, 2.24) is 0 Å². The highest BCUT2D eigenvalue weighted by molar-refractivity contribution is 7.23. The molecule has 0 unspecified atom stereocenters. The summed E-state index contributed by atoms with van der Waals surface area (Å²) in [6, 6.07) is 16.5. The first-order valence-electron chi connectivity index (χ1n) is 5.85. The van der Waals surface area contributed by atoms with E-state index in [1.807, 2.05) is 12.1 Å². The van der Waals surface area contributed by atoms with Gasteiger partial charge in [0.05, 0.1) is 17.4 Å². The maximum Gasteiger partial charge on any atom is 0.296 e. The normalized spacial score (nSPS) is 10.2. The van der Waals surface area contributed by atoms with Gasteiger partial charge in [-0.1, -0.05) is 18.2 Å². The third kappa shape index (κ3) is 1.96. The van der Waals surface area contributed by atoms with E-state index in [0.717, 1.165) is 4.70 Å². The Kier molecular flexibility index (Phi) is 3.01. The van der Waals surface area contributed by atoms with Gasteiger partial charge >= 0.3 is 0 Å². The van der Waals surface area contributed by atoms with Crippen LogP contribution in [-0.4, -0.2) is 12.0 Å². The van der Waals surface area contributed by atoms with Gasteiger partial charge in [-0.15, -0.1) is 11.3 Å². The van der Waals surface area contributed by atoms with Crippen molar-refractivity contribution in [1.29, 1.82) is 0 Å². The fraction of sp³-hybridized carbons (Fsp3) is 0.0667. The number of fused-ring (bicyclic) bond motifs is 1. The van der Waals surface area contributed by atoms with Crippen LogP contribution in [0.5, 0.6) is 5.75 Å². The van der Waals surface area contributed by atoms with E-state index in [4.69, 9.17) is 4.74 Å². The summed E-state index contributed by atoms with van der Waals surface area (Å²) in [6.45, 7) is 0. The molecule has 0 saturated heterocycles. The van der Waals surface area contributed by atoms with Gasteiger partial charge in [-0.2, -0.15) is 0 Å². The second-order valence-corrected chi connectivity index (χ2v) is 5.15. The lowest BCUT2D eigenvalue weighted by molar-refractivity contribution is -0.382. The van der Waals surface area contributed by atoms with Gasteiger partial charge < -0.3 is 4.74 Å². The Morgan fingerprint density at radius 1 is 1.20 bits per heavy atom. The molecule has 0 aliphatic rings. The predicted molar refractivity (Wildman–Crippen MR) is 78.1 cm³/mol. The van der Waals surface area contributed by atoms with Crippen LogP contribution in [0.25, 0.3) is 20.5 Å². The first-order valence-corrected chi connectivity index (χ1v) is 6.66. The van der Waals surface area contributed by atoms with E-state index in [0.29, 0.717) is 21.6 Å². The molecule has 0 fully saturated rings. The second kappa shape index (κ2) is 4.83. The van der Waals surface area contributed by atoms with E-state index in [-0.39, 0.29) is 10.6 Å². The van der Waals surface area contributed by atoms with E-state index in [2.05, 4.69) is 12.1 Å². The van der Waals surface area contributed by atoms with Gasteiger partial charge in [0.15, 0.2) is 5.75 Å². The number of benzene rings is 1. The van der Waals surface area contributed by atoms with Crippen LogP contribution in [0.1, 0.15) is 0 Å². The molecule has 0 aliphatic carbocycles. The van der Waals surface area contributed by atoms with Gasteiger partial charge in [-0.3, -0.25) is 10.1 Å². The van der Waals surface area contributed by atoms with Gasteiger partial charge in [0.2, 0.25) is 0 Å². The van der Waals surface area contributed by atoms with Crippen LogP contribution in [0, 0.1) is 22.2 Å². The summed E-state index contributed by atoms with van der Waals surface area (Å²) in [5, 5.41) is 12.0. The predicted octanol–water partition coefficient (Wildman–Crippen LogP) is 4.09. The molecule has 0 amide bonds. The fourth-order valence-corrected chi connectivity index (χ4v) is 3.17. The molecule has 0 aliphatic heterocycles. The summed E-state index contributed by atoms with van der Waals surface area (Å²) < 4.78 is 5.91. The first-order chi connectivity index (χ1) is 9.70. The topological polar surface area (TPSA) is 52.4 Å². The Morgan fingerprint density at radius 2 is 2.00 bits per heavy atom. The minimum Gasteiger partial charge on any atom is -0.489 e. The van der Waals surface area contributed by atoms with Crippen LogP contribution in [0.3, 0.4) is 0 Å². The van der Waals surface area contributed by atoms with Crippen LogP contribution in [0.15, 0.2) is 36.4 Å². The van der Waals surface area contributed by atoms with Crippen LogP contribution in [0.4, 0.5) is 5.69 Å². The van der Waals surface area contributed by atoms with Crippen molar-refractivity contribution in [2.45, 2.75) is 0 Å². The molecule has 20 heavy (non-hydrogen) atoms. The molecule has 0 saturated carbocycles. The summed E-state index contributed by atoms with van der Waals surface area (Å²) in [5.74, 6) is 0.553. The number of nitro groups is 1. The second-order valence-electron chi connectivity index (χ2n) is 4.10. The smallest absolute Gasteiger partial charge is 0.296 e. The van der Waals surface area contributed by atoms with Gasteiger partial charge in [0.25, 0.3) is 5.69 Å². The van der Waals surface area contributed by atoms with Crippen LogP contribution < -0.4 is 4.74 Å². The minimum atomic E-state index is -0.341. The molecule has 0 bridgehead atoms. The van der Waals surface area contributed by atoms with Crippen molar-refractivity contribution in [2.24, 2.45) is 0 Å². The summed E-state index contributed by atoms with van der Waals surface area (Å²) in [4.78, 5) is 11.6. The monoisotopic (exact) mass is 283 g/mol. The molecule has 3 rings (SSSR count). The molecule has 0 N–H and O–H groups in total.